The van der Waals surface area contributed by atoms with Gasteiger partial charge in [0.1, 0.15) is 0 Å². The first-order chi connectivity index (χ1) is 10.6. The molecule has 1 atom stereocenters. The maximum atomic E-state index is 12.3. The van der Waals surface area contributed by atoms with E-state index in [4.69, 9.17) is 0 Å². The van der Waals surface area contributed by atoms with E-state index in [2.05, 4.69) is 10.6 Å². The van der Waals surface area contributed by atoms with Crippen molar-refractivity contribution >= 4 is 29.3 Å². The zero-order chi connectivity index (χ0) is 15.5. The van der Waals surface area contributed by atoms with Crippen LogP contribution in [0.1, 0.15) is 49.4 Å². The van der Waals surface area contributed by atoms with Gasteiger partial charge in [0.25, 0.3) is 5.91 Å². The molecule has 4 nitrogen and oxygen atoms in total. The van der Waals surface area contributed by atoms with E-state index in [-0.39, 0.29) is 17.1 Å². The molecule has 1 aliphatic heterocycles. The fourth-order valence-corrected chi connectivity index (χ4v) is 4.01. The lowest BCUT2D eigenvalue weighted by molar-refractivity contribution is -0.115. The van der Waals surface area contributed by atoms with Gasteiger partial charge in [-0.3, -0.25) is 9.59 Å². The van der Waals surface area contributed by atoms with Gasteiger partial charge in [0.2, 0.25) is 5.91 Å². The molecule has 2 aliphatic rings. The van der Waals surface area contributed by atoms with Crippen LogP contribution in [-0.2, 0) is 4.79 Å². The van der Waals surface area contributed by atoms with Crippen molar-refractivity contribution in [2.24, 2.45) is 5.92 Å². The van der Waals surface area contributed by atoms with E-state index < -0.39 is 0 Å². The molecule has 118 valence electrons. The highest BCUT2D eigenvalue weighted by atomic mass is 32.2. The van der Waals surface area contributed by atoms with Crippen molar-refractivity contribution in [1.82, 2.24) is 5.32 Å². The molecule has 1 aromatic carbocycles. The van der Waals surface area contributed by atoms with Gasteiger partial charge in [0.05, 0.1) is 10.9 Å². The third-order valence-corrected chi connectivity index (χ3v) is 5.63. The van der Waals surface area contributed by atoms with Gasteiger partial charge < -0.3 is 10.6 Å². The molecular formula is C17H22N2O2S. The third-order valence-electron chi connectivity index (χ3n) is 4.45. The molecule has 2 N–H and O–H groups in total. The van der Waals surface area contributed by atoms with Crippen molar-refractivity contribution in [1.29, 1.82) is 0 Å². The molecule has 22 heavy (non-hydrogen) atoms. The van der Waals surface area contributed by atoms with Crippen LogP contribution in [0.15, 0.2) is 23.1 Å². The number of carbonyl (C=O) groups excluding carboxylic acids is 2. The standard InChI is InChI=1S/C17H22N2O2S/c1-11-16(20)19-14-9-13(7-8-15(14)22-11)17(21)18-10-12-5-3-2-4-6-12/h7-9,11-12H,2-6,10H2,1H3,(H,18,21)(H,19,20)/t11-/m1/s1. The first-order valence-electron chi connectivity index (χ1n) is 8.03. The largest absolute Gasteiger partial charge is 0.352 e. The van der Waals surface area contributed by atoms with Gasteiger partial charge in [0.15, 0.2) is 0 Å². The fourth-order valence-electron chi connectivity index (χ4n) is 3.08. The number of fused-ring (bicyclic) bond motifs is 1. The van der Waals surface area contributed by atoms with E-state index in [1.54, 1.807) is 6.07 Å². The molecule has 0 radical (unpaired) electrons. The zero-order valence-corrected chi connectivity index (χ0v) is 13.7. The maximum absolute atomic E-state index is 12.3. The molecule has 2 amide bonds. The topological polar surface area (TPSA) is 58.2 Å². The quantitative estimate of drug-likeness (QED) is 0.897. The van der Waals surface area contributed by atoms with Crippen LogP contribution in [0.2, 0.25) is 0 Å². The summed E-state index contributed by atoms with van der Waals surface area (Å²) in [6, 6.07) is 5.54. The lowest BCUT2D eigenvalue weighted by atomic mass is 9.89. The predicted octanol–water partition coefficient (Wildman–Crippen LogP) is 3.43. The van der Waals surface area contributed by atoms with Gasteiger partial charge in [-0.1, -0.05) is 19.3 Å². The normalized spacial score (nSPS) is 21.9. The Balaban J connectivity index is 1.63. The van der Waals surface area contributed by atoms with Crippen molar-refractivity contribution in [3.63, 3.8) is 0 Å². The number of anilines is 1. The summed E-state index contributed by atoms with van der Waals surface area (Å²) in [5, 5.41) is 5.82. The summed E-state index contributed by atoms with van der Waals surface area (Å²) >= 11 is 1.53. The minimum Gasteiger partial charge on any atom is -0.352 e. The summed E-state index contributed by atoms with van der Waals surface area (Å²) in [7, 11) is 0. The van der Waals surface area contributed by atoms with Gasteiger partial charge in [-0.15, -0.1) is 11.8 Å². The van der Waals surface area contributed by atoms with Gasteiger partial charge >= 0.3 is 0 Å². The number of amides is 2. The van der Waals surface area contributed by atoms with Crippen molar-refractivity contribution in [3.8, 4) is 0 Å². The van der Waals surface area contributed by atoms with Crippen LogP contribution in [-0.4, -0.2) is 23.6 Å². The van der Waals surface area contributed by atoms with E-state index in [0.29, 0.717) is 11.5 Å². The maximum Gasteiger partial charge on any atom is 0.251 e. The van der Waals surface area contributed by atoms with Crippen LogP contribution in [0.3, 0.4) is 0 Å². The van der Waals surface area contributed by atoms with Crippen molar-refractivity contribution in [2.45, 2.75) is 49.2 Å². The van der Waals surface area contributed by atoms with Crippen LogP contribution in [0.4, 0.5) is 5.69 Å². The molecule has 5 heteroatoms. The fraction of sp³-hybridized carbons (Fsp3) is 0.529. The predicted molar refractivity (Wildman–Crippen MR) is 89.3 cm³/mol. The Hall–Kier alpha value is -1.49. The van der Waals surface area contributed by atoms with E-state index in [0.717, 1.165) is 17.1 Å². The smallest absolute Gasteiger partial charge is 0.251 e. The average Bonchev–Trinajstić information content (AvgIpc) is 2.54. The molecule has 0 bridgehead atoms. The van der Waals surface area contributed by atoms with E-state index in [9.17, 15) is 9.59 Å². The minimum absolute atomic E-state index is 0.00253. The first kappa shape index (κ1) is 15.4. The molecule has 0 unspecified atom stereocenters. The average molecular weight is 318 g/mol. The number of hydrogen-bond donors (Lipinski definition) is 2. The molecule has 1 aromatic rings. The summed E-state index contributed by atoms with van der Waals surface area (Å²) in [6.45, 7) is 2.64. The summed E-state index contributed by atoms with van der Waals surface area (Å²) in [5.74, 6) is 0.565. The highest BCUT2D eigenvalue weighted by molar-refractivity contribution is 8.00. The Kier molecular flexibility index (Phi) is 4.71. The van der Waals surface area contributed by atoms with Crippen molar-refractivity contribution in [3.05, 3.63) is 23.8 Å². The van der Waals surface area contributed by atoms with Crippen LogP contribution in [0.5, 0.6) is 0 Å². The summed E-state index contributed by atoms with van der Waals surface area (Å²) in [4.78, 5) is 25.1. The second kappa shape index (κ2) is 6.73. The van der Waals surface area contributed by atoms with Gasteiger partial charge in [-0.25, -0.2) is 0 Å². The molecule has 1 saturated carbocycles. The number of thioether (sulfide) groups is 1. The molecule has 0 aromatic heterocycles. The number of hydrogen-bond acceptors (Lipinski definition) is 3. The highest BCUT2D eigenvalue weighted by Crippen LogP contribution is 2.35. The minimum atomic E-state index is -0.0847. The first-order valence-corrected chi connectivity index (χ1v) is 8.91. The van der Waals surface area contributed by atoms with Crippen LogP contribution in [0.25, 0.3) is 0 Å². The van der Waals surface area contributed by atoms with Gasteiger partial charge in [-0.05, 0) is 43.9 Å². The van der Waals surface area contributed by atoms with Gasteiger partial charge in [0, 0.05) is 17.0 Å². The van der Waals surface area contributed by atoms with Gasteiger partial charge in [-0.2, -0.15) is 0 Å². The Morgan fingerprint density at radius 3 is 2.86 bits per heavy atom. The molecular weight excluding hydrogens is 296 g/mol. The Bertz CT molecular complexity index is 582. The van der Waals surface area contributed by atoms with Crippen LogP contribution in [0, 0.1) is 5.92 Å². The van der Waals surface area contributed by atoms with E-state index >= 15 is 0 Å². The monoisotopic (exact) mass is 318 g/mol. The van der Waals surface area contributed by atoms with E-state index in [1.807, 2.05) is 19.1 Å². The van der Waals surface area contributed by atoms with E-state index in [1.165, 1.54) is 43.9 Å². The molecule has 0 saturated heterocycles. The molecule has 0 spiro atoms. The highest BCUT2D eigenvalue weighted by Gasteiger charge is 2.24. The second-order valence-corrected chi connectivity index (χ2v) is 7.56. The zero-order valence-electron chi connectivity index (χ0n) is 12.9. The number of benzene rings is 1. The lowest BCUT2D eigenvalue weighted by Crippen LogP contribution is -2.31. The molecule has 1 heterocycles. The molecule has 3 rings (SSSR count). The number of rotatable bonds is 3. The van der Waals surface area contributed by atoms with Crippen LogP contribution >= 0.6 is 11.8 Å². The summed E-state index contributed by atoms with van der Waals surface area (Å²) in [5.41, 5.74) is 1.36. The van der Waals surface area contributed by atoms with Crippen molar-refractivity contribution < 1.29 is 9.59 Å². The summed E-state index contributed by atoms with van der Waals surface area (Å²) in [6.07, 6.45) is 6.32. The Labute approximate surface area is 135 Å². The Morgan fingerprint density at radius 1 is 1.32 bits per heavy atom. The Morgan fingerprint density at radius 2 is 2.09 bits per heavy atom. The number of nitrogens with one attached hydrogen (secondary N) is 2. The van der Waals surface area contributed by atoms with Crippen molar-refractivity contribution in [2.75, 3.05) is 11.9 Å². The number of carbonyl (C=O) groups is 2. The second-order valence-electron chi connectivity index (χ2n) is 6.17. The molecule has 1 fully saturated rings. The molecule has 1 aliphatic carbocycles. The third kappa shape index (κ3) is 3.46. The SMILES string of the molecule is C[C@H]1Sc2ccc(C(=O)NCC3CCCCC3)cc2NC1=O. The van der Waals surface area contributed by atoms with Crippen LogP contribution < -0.4 is 10.6 Å². The lowest BCUT2D eigenvalue weighted by Gasteiger charge is -2.23. The summed E-state index contributed by atoms with van der Waals surface area (Å²) < 4.78 is 0.